The van der Waals surface area contributed by atoms with Crippen molar-refractivity contribution < 1.29 is 14.9 Å². The summed E-state index contributed by atoms with van der Waals surface area (Å²) < 4.78 is 5.68. The molecular weight excluding hydrogens is 272 g/mol. The number of halogens is 1. The van der Waals surface area contributed by atoms with Gasteiger partial charge in [0.25, 0.3) is 0 Å². The summed E-state index contributed by atoms with van der Waals surface area (Å²) in [5.74, 6) is 0.558. The van der Waals surface area contributed by atoms with Gasteiger partial charge >= 0.3 is 0 Å². The standard InChI is InChI=1S/C12H15BrO3/c1-16-9-4-3-8(10(13)11(9)15)12(7-14)5-2-6-12/h3-4,14-15H,2,5-7H2,1H3. The summed E-state index contributed by atoms with van der Waals surface area (Å²) in [6.07, 6.45) is 3.06. The number of methoxy groups -OCH3 is 1. The fourth-order valence-electron chi connectivity index (χ4n) is 2.24. The summed E-state index contributed by atoms with van der Waals surface area (Å²) >= 11 is 3.38. The quantitative estimate of drug-likeness (QED) is 0.898. The molecule has 2 N–H and O–H groups in total. The summed E-state index contributed by atoms with van der Waals surface area (Å²) in [6.45, 7) is 0.122. The molecule has 2 rings (SSSR count). The van der Waals surface area contributed by atoms with Crippen LogP contribution in [0.4, 0.5) is 0 Å². The molecule has 1 aliphatic carbocycles. The van der Waals surface area contributed by atoms with Gasteiger partial charge in [-0.05, 0) is 40.4 Å². The fourth-order valence-corrected chi connectivity index (χ4v) is 2.99. The number of aliphatic hydroxyl groups is 1. The van der Waals surface area contributed by atoms with E-state index < -0.39 is 0 Å². The van der Waals surface area contributed by atoms with Crippen LogP contribution in [0.3, 0.4) is 0 Å². The molecule has 0 bridgehead atoms. The highest BCUT2D eigenvalue weighted by atomic mass is 79.9. The molecule has 1 fully saturated rings. The first-order chi connectivity index (χ1) is 7.64. The van der Waals surface area contributed by atoms with Crippen LogP contribution in [0, 0.1) is 0 Å². The maximum Gasteiger partial charge on any atom is 0.172 e. The summed E-state index contributed by atoms with van der Waals surface area (Å²) in [5.41, 5.74) is 0.794. The molecule has 1 saturated carbocycles. The van der Waals surface area contributed by atoms with Crippen LogP contribution in [0.5, 0.6) is 11.5 Å². The number of aliphatic hydroxyl groups excluding tert-OH is 1. The third-order valence-electron chi connectivity index (χ3n) is 3.48. The van der Waals surface area contributed by atoms with Crippen molar-refractivity contribution in [3.63, 3.8) is 0 Å². The third-order valence-corrected chi connectivity index (χ3v) is 4.29. The lowest BCUT2D eigenvalue weighted by Crippen LogP contribution is -2.38. The highest BCUT2D eigenvalue weighted by Gasteiger charge is 2.40. The highest BCUT2D eigenvalue weighted by molar-refractivity contribution is 9.10. The van der Waals surface area contributed by atoms with Gasteiger partial charge in [-0.3, -0.25) is 0 Å². The molecular formula is C12H15BrO3. The van der Waals surface area contributed by atoms with Gasteiger partial charge in [0.05, 0.1) is 18.2 Å². The van der Waals surface area contributed by atoms with E-state index >= 15 is 0 Å². The van der Waals surface area contributed by atoms with Crippen LogP contribution >= 0.6 is 15.9 Å². The largest absolute Gasteiger partial charge is 0.503 e. The van der Waals surface area contributed by atoms with Gasteiger partial charge in [0.1, 0.15) is 0 Å². The SMILES string of the molecule is COc1ccc(C2(CO)CCC2)c(Br)c1O. The zero-order chi connectivity index (χ0) is 11.8. The van der Waals surface area contributed by atoms with Gasteiger partial charge in [-0.25, -0.2) is 0 Å². The molecule has 0 aliphatic heterocycles. The molecule has 3 nitrogen and oxygen atoms in total. The molecule has 88 valence electrons. The van der Waals surface area contributed by atoms with Crippen LogP contribution in [0.2, 0.25) is 0 Å². The minimum absolute atomic E-state index is 0.111. The van der Waals surface area contributed by atoms with Crippen molar-refractivity contribution in [3.8, 4) is 11.5 Å². The molecule has 0 radical (unpaired) electrons. The molecule has 1 aromatic carbocycles. The molecule has 0 saturated heterocycles. The third kappa shape index (κ3) is 1.60. The van der Waals surface area contributed by atoms with Crippen molar-refractivity contribution in [2.24, 2.45) is 0 Å². The summed E-state index contributed by atoms with van der Waals surface area (Å²) in [4.78, 5) is 0. The normalized spacial score (nSPS) is 17.9. The molecule has 0 aromatic heterocycles. The van der Waals surface area contributed by atoms with Gasteiger partial charge < -0.3 is 14.9 Å². The number of hydrogen-bond acceptors (Lipinski definition) is 3. The Balaban J connectivity index is 2.46. The maximum atomic E-state index is 9.90. The molecule has 0 heterocycles. The van der Waals surface area contributed by atoms with E-state index in [-0.39, 0.29) is 17.8 Å². The van der Waals surface area contributed by atoms with Crippen molar-refractivity contribution in [2.45, 2.75) is 24.7 Å². The van der Waals surface area contributed by atoms with Crippen LogP contribution in [-0.4, -0.2) is 23.9 Å². The first-order valence-electron chi connectivity index (χ1n) is 5.31. The van der Waals surface area contributed by atoms with Gasteiger partial charge in [0, 0.05) is 5.41 Å². The number of ether oxygens (including phenoxy) is 1. The van der Waals surface area contributed by atoms with Crippen LogP contribution in [0.1, 0.15) is 24.8 Å². The molecule has 16 heavy (non-hydrogen) atoms. The number of phenols is 1. The smallest absolute Gasteiger partial charge is 0.172 e. The Labute approximate surface area is 103 Å². The number of hydrogen-bond donors (Lipinski definition) is 2. The lowest BCUT2D eigenvalue weighted by atomic mass is 9.65. The van der Waals surface area contributed by atoms with E-state index in [1.807, 2.05) is 6.07 Å². The Morgan fingerprint density at radius 1 is 1.44 bits per heavy atom. The second kappa shape index (κ2) is 4.26. The van der Waals surface area contributed by atoms with E-state index in [4.69, 9.17) is 4.74 Å². The monoisotopic (exact) mass is 286 g/mol. The topological polar surface area (TPSA) is 49.7 Å². The number of rotatable bonds is 3. The average molecular weight is 287 g/mol. The first kappa shape index (κ1) is 11.7. The molecule has 0 amide bonds. The van der Waals surface area contributed by atoms with E-state index in [9.17, 15) is 10.2 Å². The Morgan fingerprint density at radius 3 is 2.56 bits per heavy atom. The van der Waals surface area contributed by atoms with Crippen molar-refractivity contribution in [2.75, 3.05) is 13.7 Å². The molecule has 4 heteroatoms. The van der Waals surface area contributed by atoms with E-state index in [0.29, 0.717) is 10.2 Å². The predicted molar refractivity (Wildman–Crippen MR) is 65.0 cm³/mol. The predicted octanol–water partition coefficient (Wildman–Crippen LogP) is 2.58. The van der Waals surface area contributed by atoms with Gasteiger partial charge in [-0.1, -0.05) is 12.5 Å². The molecule has 0 atom stereocenters. The number of phenolic OH excluding ortho intramolecular Hbond substituents is 1. The number of benzene rings is 1. The Hall–Kier alpha value is -0.740. The number of aromatic hydroxyl groups is 1. The van der Waals surface area contributed by atoms with Crippen molar-refractivity contribution in [1.82, 2.24) is 0 Å². The van der Waals surface area contributed by atoms with E-state index in [1.165, 1.54) is 7.11 Å². The fraction of sp³-hybridized carbons (Fsp3) is 0.500. The second-order valence-electron chi connectivity index (χ2n) is 4.27. The first-order valence-corrected chi connectivity index (χ1v) is 6.11. The zero-order valence-electron chi connectivity index (χ0n) is 9.16. The van der Waals surface area contributed by atoms with Gasteiger partial charge in [-0.2, -0.15) is 0 Å². The average Bonchev–Trinajstić information content (AvgIpc) is 2.23. The van der Waals surface area contributed by atoms with Crippen LogP contribution in [0.15, 0.2) is 16.6 Å². The second-order valence-corrected chi connectivity index (χ2v) is 5.06. The Bertz CT molecular complexity index is 394. The molecule has 1 aliphatic rings. The van der Waals surface area contributed by atoms with Crippen molar-refractivity contribution in [3.05, 3.63) is 22.2 Å². The summed E-state index contributed by atoms with van der Waals surface area (Å²) in [7, 11) is 1.52. The van der Waals surface area contributed by atoms with Gasteiger partial charge in [0.15, 0.2) is 11.5 Å². The lowest BCUT2D eigenvalue weighted by molar-refractivity contribution is 0.119. The van der Waals surface area contributed by atoms with E-state index in [0.717, 1.165) is 24.8 Å². The maximum absolute atomic E-state index is 9.90. The van der Waals surface area contributed by atoms with E-state index in [2.05, 4.69) is 15.9 Å². The summed E-state index contributed by atoms with van der Waals surface area (Å²) in [5, 5.41) is 19.4. The van der Waals surface area contributed by atoms with Gasteiger partial charge in [0.2, 0.25) is 0 Å². The Kier molecular flexibility index (Phi) is 3.13. The molecule has 0 spiro atoms. The van der Waals surface area contributed by atoms with Gasteiger partial charge in [-0.15, -0.1) is 0 Å². The molecule has 0 unspecified atom stereocenters. The van der Waals surface area contributed by atoms with E-state index in [1.54, 1.807) is 6.07 Å². The van der Waals surface area contributed by atoms with Crippen LogP contribution in [-0.2, 0) is 5.41 Å². The van der Waals surface area contributed by atoms with Crippen molar-refractivity contribution >= 4 is 15.9 Å². The highest BCUT2D eigenvalue weighted by Crippen LogP contribution is 2.49. The van der Waals surface area contributed by atoms with Crippen LogP contribution < -0.4 is 4.74 Å². The molecule has 1 aromatic rings. The summed E-state index contributed by atoms with van der Waals surface area (Å²) in [6, 6.07) is 3.66. The van der Waals surface area contributed by atoms with Crippen molar-refractivity contribution in [1.29, 1.82) is 0 Å². The lowest BCUT2D eigenvalue weighted by Gasteiger charge is -2.41. The van der Waals surface area contributed by atoms with Crippen LogP contribution in [0.25, 0.3) is 0 Å². The zero-order valence-corrected chi connectivity index (χ0v) is 10.7. The Morgan fingerprint density at radius 2 is 2.12 bits per heavy atom. The minimum Gasteiger partial charge on any atom is -0.503 e. The minimum atomic E-state index is -0.178.